The second-order valence-corrected chi connectivity index (χ2v) is 16.8. The number of carbonyl (C=O) groups excluding carboxylic acids is 5. The van der Waals surface area contributed by atoms with Crippen molar-refractivity contribution < 1.29 is 62.7 Å². The first-order chi connectivity index (χ1) is 26.3. The average molecular weight is 805 g/mol. The van der Waals surface area contributed by atoms with E-state index in [-0.39, 0.29) is 64.1 Å². The van der Waals surface area contributed by atoms with Crippen molar-refractivity contribution >= 4 is 41.7 Å². The minimum absolute atomic E-state index is 0.00862. The topological polar surface area (TPSA) is 210 Å². The van der Waals surface area contributed by atoms with Crippen LogP contribution in [0, 0.1) is 0 Å². The van der Waals surface area contributed by atoms with E-state index in [2.05, 4.69) is 0 Å². The van der Waals surface area contributed by atoms with Crippen LogP contribution in [0.3, 0.4) is 0 Å². The molecule has 57 heavy (non-hydrogen) atoms. The summed E-state index contributed by atoms with van der Waals surface area (Å²) in [6, 6.07) is 6.27. The number of hydrogen-bond donors (Lipinski definition) is 2. The summed E-state index contributed by atoms with van der Waals surface area (Å²) in [7, 11) is 0. The van der Waals surface area contributed by atoms with E-state index in [0.29, 0.717) is 12.2 Å². The molecule has 1 heterocycles. The molecular formula is C40H60N4O13. The summed E-state index contributed by atoms with van der Waals surface area (Å²) in [5.41, 5.74) is -1.74. The summed E-state index contributed by atoms with van der Waals surface area (Å²) in [5, 5.41) is 19.6. The van der Waals surface area contributed by atoms with E-state index in [4.69, 9.17) is 18.9 Å². The van der Waals surface area contributed by atoms with Gasteiger partial charge in [-0.2, -0.15) is 0 Å². The van der Waals surface area contributed by atoms with Gasteiger partial charge in [-0.1, -0.05) is 12.1 Å². The van der Waals surface area contributed by atoms with Gasteiger partial charge in [-0.3, -0.25) is 53.2 Å². The lowest BCUT2D eigenvalue weighted by Gasteiger charge is -2.35. The van der Waals surface area contributed by atoms with Crippen molar-refractivity contribution in [2.45, 2.75) is 98.0 Å². The molecule has 2 amide bonds. The maximum absolute atomic E-state index is 13.2. The van der Waals surface area contributed by atoms with Gasteiger partial charge in [0.15, 0.2) is 0 Å². The first kappa shape index (κ1) is 48.3. The minimum Gasteiger partial charge on any atom is -0.494 e. The third kappa shape index (κ3) is 20.7. The van der Waals surface area contributed by atoms with Crippen LogP contribution in [0.2, 0.25) is 0 Å². The van der Waals surface area contributed by atoms with E-state index in [1.807, 2.05) is 0 Å². The molecule has 0 aromatic heterocycles. The zero-order chi connectivity index (χ0) is 43.1. The lowest BCUT2D eigenvalue weighted by atomic mass is 10.0. The van der Waals surface area contributed by atoms with Crippen LogP contribution in [0.15, 0.2) is 36.4 Å². The van der Waals surface area contributed by atoms with Crippen LogP contribution in [-0.2, 0) is 54.2 Å². The van der Waals surface area contributed by atoms with Crippen LogP contribution in [0.5, 0.6) is 5.75 Å². The van der Waals surface area contributed by atoms with Gasteiger partial charge in [0.1, 0.15) is 22.6 Å². The highest BCUT2D eigenvalue weighted by Gasteiger charge is 2.30. The molecule has 0 spiro atoms. The Morgan fingerprint density at radius 3 is 1.58 bits per heavy atom. The molecule has 318 valence electrons. The Kier molecular flexibility index (Phi) is 18.3. The molecule has 0 aliphatic carbocycles. The van der Waals surface area contributed by atoms with Gasteiger partial charge in [0.2, 0.25) is 0 Å². The van der Waals surface area contributed by atoms with Crippen molar-refractivity contribution in [2.75, 3.05) is 65.5 Å². The van der Waals surface area contributed by atoms with Gasteiger partial charge in [0.25, 0.3) is 11.8 Å². The largest absolute Gasteiger partial charge is 0.494 e. The van der Waals surface area contributed by atoms with Gasteiger partial charge in [-0.15, -0.1) is 0 Å². The number of nitrogens with zero attached hydrogens (tertiary/aromatic N) is 4. The second kappa shape index (κ2) is 21.6. The predicted molar refractivity (Wildman–Crippen MR) is 207 cm³/mol. The fourth-order valence-corrected chi connectivity index (χ4v) is 5.73. The Morgan fingerprint density at radius 2 is 1.11 bits per heavy atom. The lowest BCUT2D eigenvalue weighted by molar-refractivity contribution is -0.159. The van der Waals surface area contributed by atoms with Crippen molar-refractivity contribution in [2.24, 2.45) is 0 Å². The first-order valence-corrected chi connectivity index (χ1v) is 18.8. The molecule has 1 unspecified atom stereocenters. The molecule has 0 saturated carbocycles. The van der Waals surface area contributed by atoms with Crippen LogP contribution in [0.1, 0.15) is 74.3 Å². The highest BCUT2D eigenvalue weighted by molar-refractivity contribution is 6.12. The molecule has 2 rings (SSSR count). The number of hydrogen-bond acceptors (Lipinski definition) is 14. The van der Waals surface area contributed by atoms with E-state index >= 15 is 0 Å². The number of amides is 2. The molecule has 0 radical (unpaired) electrons. The van der Waals surface area contributed by atoms with E-state index in [9.17, 15) is 43.8 Å². The number of imide groups is 1. The summed E-state index contributed by atoms with van der Waals surface area (Å²) in [4.78, 5) is 92.3. The molecule has 1 aromatic rings. The van der Waals surface area contributed by atoms with E-state index in [0.717, 1.165) is 10.5 Å². The van der Waals surface area contributed by atoms with Gasteiger partial charge in [0.05, 0.1) is 39.3 Å². The SMILES string of the molecule is CC(C)(C)OC(=O)CN(CCN(CC(=O)OC(C)(C)C)CC(Cc1ccc(OCCCN2C(=O)C=CC2=O)cc1)N(CC(=O)O)CC(=O)OC(C)(C)C)CC(=O)O. The molecule has 1 aromatic carbocycles. The van der Waals surface area contributed by atoms with Gasteiger partial charge < -0.3 is 29.2 Å². The number of carboxylic acids is 2. The molecule has 17 nitrogen and oxygen atoms in total. The summed E-state index contributed by atoms with van der Waals surface area (Å²) in [6.45, 7) is 13.8. The number of aliphatic carboxylic acids is 2. The number of benzene rings is 1. The average Bonchev–Trinajstić information content (AvgIpc) is 3.34. The van der Waals surface area contributed by atoms with Crippen molar-refractivity contribution in [1.82, 2.24) is 19.6 Å². The normalized spacial score (nSPS) is 14.0. The first-order valence-electron chi connectivity index (χ1n) is 18.8. The molecule has 0 bridgehead atoms. The maximum Gasteiger partial charge on any atom is 0.320 e. The molecular weight excluding hydrogens is 744 g/mol. The van der Waals surface area contributed by atoms with Crippen LogP contribution in [-0.4, -0.2) is 160 Å². The van der Waals surface area contributed by atoms with Crippen molar-refractivity contribution in [3.63, 3.8) is 0 Å². The van der Waals surface area contributed by atoms with Gasteiger partial charge in [-0.05, 0) is 92.9 Å². The van der Waals surface area contributed by atoms with Crippen LogP contribution < -0.4 is 4.74 Å². The van der Waals surface area contributed by atoms with Gasteiger partial charge in [0, 0.05) is 44.4 Å². The molecule has 2 N–H and O–H groups in total. The molecule has 1 aliphatic heterocycles. The maximum atomic E-state index is 13.2. The molecule has 0 saturated heterocycles. The highest BCUT2D eigenvalue weighted by Crippen LogP contribution is 2.19. The fraction of sp³-hybridized carbons (Fsp3) is 0.625. The van der Waals surface area contributed by atoms with Crippen LogP contribution in [0.25, 0.3) is 0 Å². The number of carboxylic acid groups (broad SMARTS) is 2. The lowest BCUT2D eigenvalue weighted by Crippen LogP contribution is -2.52. The number of ether oxygens (including phenoxy) is 4. The Hall–Kier alpha value is -4.87. The van der Waals surface area contributed by atoms with Crippen LogP contribution >= 0.6 is 0 Å². The Morgan fingerprint density at radius 1 is 0.649 bits per heavy atom. The standard InChI is InChI=1S/C40H60N4O13/c1-38(2,3)55-35(51)25-41(18-19-42(23-33(47)48)26-36(52)56-39(4,5)6)22-29(43(24-34(49)50)27-37(53)57-40(7,8)9)21-28-11-13-30(14-12-28)54-20-10-17-44-31(45)15-16-32(44)46/h11-16,29H,10,17-27H2,1-9H3,(H,47,48)(H,49,50). The summed E-state index contributed by atoms with van der Waals surface area (Å²) in [6.07, 6.45) is 3.05. The smallest absolute Gasteiger partial charge is 0.320 e. The molecule has 0 fully saturated rings. The molecule has 1 atom stereocenters. The van der Waals surface area contributed by atoms with Gasteiger partial charge >= 0.3 is 29.8 Å². The quantitative estimate of drug-likeness (QED) is 0.0704. The second-order valence-electron chi connectivity index (χ2n) is 16.8. The monoisotopic (exact) mass is 804 g/mol. The van der Waals surface area contributed by atoms with E-state index in [1.54, 1.807) is 91.5 Å². The fourth-order valence-electron chi connectivity index (χ4n) is 5.73. The highest BCUT2D eigenvalue weighted by atomic mass is 16.6. The number of rotatable bonds is 23. The van der Waals surface area contributed by atoms with Gasteiger partial charge in [-0.25, -0.2) is 0 Å². The third-order valence-electron chi connectivity index (χ3n) is 7.80. The minimum atomic E-state index is -1.20. The number of carbonyl (C=O) groups is 7. The van der Waals surface area contributed by atoms with E-state index < -0.39 is 72.3 Å². The van der Waals surface area contributed by atoms with E-state index in [1.165, 1.54) is 22.0 Å². The zero-order valence-electron chi connectivity index (χ0n) is 34.7. The van der Waals surface area contributed by atoms with Crippen molar-refractivity contribution in [3.05, 3.63) is 42.0 Å². The predicted octanol–water partition coefficient (Wildman–Crippen LogP) is 2.39. The summed E-state index contributed by atoms with van der Waals surface area (Å²) >= 11 is 0. The summed E-state index contributed by atoms with van der Waals surface area (Å²) < 4.78 is 22.4. The summed E-state index contributed by atoms with van der Waals surface area (Å²) in [5.74, 6) is -4.49. The third-order valence-corrected chi connectivity index (χ3v) is 7.80. The number of esters is 3. The Labute approximate surface area is 334 Å². The zero-order valence-corrected chi connectivity index (χ0v) is 34.7. The van der Waals surface area contributed by atoms with Crippen LogP contribution in [0.4, 0.5) is 0 Å². The van der Waals surface area contributed by atoms with Crippen molar-refractivity contribution in [3.8, 4) is 5.75 Å². The molecule has 17 heteroatoms. The van der Waals surface area contributed by atoms with Crippen molar-refractivity contribution in [1.29, 1.82) is 0 Å². The Bertz CT molecular complexity index is 1570. The Balaban J connectivity index is 2.41. The molecule has 1 aliphatic rings.